The molecule has 1 aromatic heterocycles. The Bertz CT molecular complexity index is 618. The molecule has 0 radical (unpaired) electrons. The zero-order valence-corrected chi connectivity index (χ0v) is 13.2. The van der Waals surface area contributed by atoms with Crippen molar-refractivity contribution in [3.63, 3.8) is 0 Å². The van der Waals surface area contributed by atoms with E-state index in [2.05, 4.69) is 47.0 Å². The Morgan fingerprint density at radius 1 is 1.26 bits per heavy atom. The van der Waals surface area contributed by atoms with E-state index in [4.69, 9.17) is 0 Å². The minimum Gasteiger partial charge on any atom is -0.370 e. The number of halogens is 2. The van der Waals surface area contributed by atoms with E-state index >= 15 is 0 Å². The molecular formula is C15H18BrFN2. The van der Waals surface area contributed by atoms with Crippen LogP contribution in [0.5, 0.6) is 0 Å². The maximum Gasteiger partial charge on any atom is 0.130 e. The van der Waals surface area contributed by atoms with Crippen molar-refractivity contribution in [2.45, 2.75) is 33.1 Å². The number of fused-ring (bicyclic) bond motifs is 1. The lowest BCUT2D eigenvalue weighted by atomic mass is 9.86. The summed E-state index contributed by atoms with van der Waals surface area (Å²) >= 11 is 3.38. The predicted octanol–water partition coefficient (Wildman–Crippen LogP) is 4.87. The van der Waals surface area contributed by atoms with Crippen LogP contribution < -0.4 is 5.32 Å². The SMILES string of the molecule is CCNc1nc2c(Br)cc(F)cc2cc1C(C)(C)C. The molecule has 0 atom stereocenters. The predicted molar refractivity (Wildman–Crippen MR) is 82.3 cm³/mol. The van der Waals surface area contributed by atoms with Crippen molar-refractivity contribution in [2.75, 3.05) is 11.9 Å². The molecule has 2 rings (SSSR count). The summed E-state index contributed by atoms with van der Waals surface area (Å²) in [5, 5.41) is 4.11. The highest BCUT2D eigenvalue weighted by molar-refractivity contribution is 9.10. The Morgan fingerprint density at radius 2 is 1.95 bits per heavy atom. The Kier molecular flexibility index (Phi) is 3.81. The molecule has 0 bridgehead atoms. The molecule has 2 aromatic rings. The second kappa shape index (κ2) is 5.08. The zero-order valence-electron chi connectivity index (χ0n) is 11.6. The number of rotatable bonds is 2. The van der Waals surface area contributed by atoms with Crippen LogP contribution in [0.2, 0.25) is 0 Å². The highest BCUT2D eigenvalue weighted by Crippen LogP contribution is 2.33. The van der Waals surface area contributed by atoms with Crippen molar-refractivity contribution < 1.29 is 4.39 Å². The van der Waals surface area contributed by atoms with Crippen LogP contribution in [0.4, 0.5) is 10.2 Å². The van der Waals surface area contributed by atoms with E-state index in [1.54, 1.807) is 0 Å². The van der Waals surface area contributed by atoms with Crippen molar-refractivity contribution in [1.82, 2.24) is 4.98 Å². The van der Waals surface area contributed by atoms with Gasteiger partial charge in [0.05, 0.1) is 5.52 Å². The second-order valence-electron chi connectivity index (χ2n) is 5.62. The van der Waals surface area contributed by atoms with E-state index in [0.717, 1.165) is 28.8 Å². The van der Waals surface area contributed by atoms with Gasteiger partial charge in [0, 0.05) is 22.0 Å². The van der Waals surface area contributed by atoms with Crippen LogP contribution in [0.1, 0.15) is 33.3 Å². The van der Waals surface area contributed by atoms with Gasteiger partial charge in [-0.3, -0.25) is 0 Å². The van der Waals surface area contributed by atoms with Crippen molar-refractivity contribution >= 4 is 32.7 Å². The molecule has 0 spiro atoms. The summed E-state index contributed by atoms with van der Waals surface area (Å²) in [5.41, 5.74) is 1.84. The average molecular weight is 325 g/mol. The van der Waals surface area contributed by atoms with Crippen LogP contribution in [-0.4, -0.2) is 11.5 Å². The van der Waals surface area contributed by atoms with Crippen molar-refractivity contribution in [3.8, 4) is 0 Å². The fourth-order valence-electron chi connectivity index (χ4n) is 2.08. The van der Waals surface area contributed by atoms with Gasteiger partial charge in [-0.05, 0) is 46.5 Å². The molecule has 1 aromatic carbocycles. The molecule has 0 saturated carbocycles. The van der Waals surface area contributed by atoms with Crippen molar-refractivity contribution in [2.24, 2.45) is 0 Å². The molecule has 19 heavy (non-hydrogen) atoms. The van der Waals surface area contributed by atoms with E-state index in [1.807, 2.05) is 13.0 Å². The van der Waals surface area contributed by atoms with Gasteiger partial charge in [0.2, 0.25) is 0 Å². The highest BCUT2D eigenvalue weighted by Gasteiger charge is 2.20. The van der Waals surface area contributed by atoms with E-state index in [9.17, 15) is 4.39 Å². The van der Waals surface area contributed by atoms with Gasteiger partial charge in [0.1, 0.15) is 11.6 Å². The van der Waals surface area contributed by atoms with Crippen LogP contribution >= 0.6 is 15.9 Å². The highest BCUT2D eigenvalue weighted by atomic mass is 79.9. The largest absolute Gasteiger partial charge is 0.370 e. The molecular weight excluding hydrogens is 307 g/mol. The van der Waals surface area contributed by atoms with Crippen LogP contribution in [-0.2, 0) is 5.41 Å². The third kappa shape index (κ3) is 2.89. The van der Waals surface area contributed by atoms with Crippen LogP contribution in [0, 0.1) is 5.82 Å². The molecule has 0 unspecified atom stereocenters. The van der Waals surface area contributed by atoms with Crippen molar-refractivity contribution in [3.05, 3.63) is 34.1 Å². The molecule has 0 fully saturated rings. The summed E-state index contributed by atoms with van der Waals surface area (Å²) in [4.78, 5) is 4.65. The maximum atomic E-state index is 13.5. The number of hydrogen-bond acceptors (Lipinski definition) is 2. The number of hydrogen-bond donors (Lipinski definition) is 1. The molecule has 0 aliphatic rings. The molecule has 4 heteroatoms. The summed E-state index contributed by atoms with van der Waals surface area (Å²) in [7, 11) is 0. The van der Waals surface area contributed by atoms with Gasteiger partial charge in [-0.2, -0.15) is 0 Å². The molecule has 1 N–H and O–H groups in total. The standard InChI is InChI=1S/C15H18BrFN2/c1-5-18-14-11(15(2,3)4)7-9-6-10(17)8-12(16)13(9)19-14/h6-8H,5H2,1-4H3,(H,18,19). The lowest BCUT2D eigenvalue weighted by Gasteiger charge is -2.23. The van der Waals surface area contributed by atoms with Gasteiger partial charge in [-0.25, -0.2) is 9.37 Å². The smallest absolute Gasteiger partial charge is 0.130 e. The summed E-state index contributed by atoms with van der Waals surface area (Å²) in [6.07, 6.45) is 0. The number of aromatic nitrogens is 1. The number of anilines is 1. The lowest BCUT2D eigenvalue weighted by molar-refractivity contribution is 0.590. The Hall–Kier alpha value is -1.16. The molecule has 0 aliphatic carbocycles. The first-order valence-corrected chi connectivity index (χ1v) is 7.16. The van der Waals surface area contributed by atoms with E-state index in [0.29, 0.717) is 4.47 Å². The quantitative estimate of drug-likeness (QED) is 0.852. The summed E-state index contributed by atoms with van der Waals surface area (Å²) < 4.78 is 14.2. The monoisotopic (exact) mass is 324 g/mol. The van der Waals surface area contributed by atoms with Gasteiger partial charge in [0.15, 0.2) is 0 Å². The van der Waals surface area contributed by atoms with Gasteiger partial charge < -0.3 is 5.32 Å². The molecule has 102 valence electrons. The number of nitrogens with one attached hydrogen (secondary N) is 1. The third-order valence-electron chi connectivity index (χ3n) is 2.99. The first kappa shape index (κ1) is 14.3. The number of nitrogens with zero attached hydrogens (tertiary/aromatic N) is 1. The average Bonchev–Trinajstić information content (AvgIpc) is 2.28. The minimum atomic E-state index is -0.253. The van der Waals surface area contributed by atoms with E-state index in [-0.39, 0.29) is 11.2 Å². The van der Waals surface area contributed by atoms with Gasteiger partial charge in [0.25, 0.3) is 0 Å². The zero-order chi connectivity index (χ0) is 14.2. The van der Waals surface area contributed by atoms with Crippen LogP contribution in [0.15, 0.2) is 22.7 Å². The minimum absolute atomic E-state index is 0.0442. The van der Waals surface area contributed by atoms with Crippen LogP contribution in [0.3, 0.4) is 0 Å². The lowest BCUT2D eigenvalue weighted by Crippen LogP contribution is -2.16. The van der Waals surface area contributed by atoms with E-state index < -0.39 is 0 Å². The first-order valence-electron chi connectivity index (χ1n) is 6.37. The molecule has 0 aliphatic heterocycles. The summed E-state index contributed by atoms with van der Waals surface area (Å²) in [5.74, 6) is 0.618. The molecule has 0 saturated heterocycles. The summed E-state index contributed by atoms with van der Waals surface area (Å²) in [6.45, 7) is 9.24. The topological polar surface area (TPSA) is 24.9 Å². The fraction of sp³-hybridized carbons (Fsp3) is 0.400. The molecule has 0 amide bonds. The van der Waals surface area contributed by atoms with Gasteiger partial charge in [-0.15, -0.1) is 0 Å². The maximum absolute atomic E-state index is 13.5. The summed E-state index contributed by atoms with van der Waals surface area (Å²) in [6, 6.07) is 4.99. The molecule has 2 nitrogen and oxygen atoms in total. The van der Waals surface area contributed by atoms with Gasteiger partial charge >= 0.3 is 0 Å². The molecule has 1 heterocycles. The second-order valence-corrected chi connectivity index (χ2v) is 6.48. The fourth-order valence-corrected chi connectivity index (χ4v) is 2.62. The van der Waals surface area contributed by atoms with Gasteiger partial charge in [-0.1, -0.05) is 20.8 Å². The number of benzene rings is 1. The Balaban J connectivity index is 2.76. The van der Waals surface area contributed by atoms with E-state index in [1.165, 1.54) is 12.1 Å². The third-order valence-corrected chi connectivity index (χ3v) is 3.59. The number of pyridine rings is 1. The van der Waals surface area contributed by atoms with Crippen LogP contribution in [0.25, 0.3) is 10.9 Å². The first-order chi connectivity index (χ1) is 8.82. The Morgan fingerprint density at radius 3 is 2.53 bits per heavy atom. The Labute approximate surface area is 121 Å². The normalized spacial score (nSPS) is 11.9. The van der Waals surface area contributed by atoms with Crippen molar-refractivity contribution in [1.29, 1.82) is 0 Å².